The molecule has 0 bridgehead atoms. The Balaban J connectivity index is 1.75. The van der Waals surface area contributed by atoms with Crippen molar-refractivity contribution in [1.82, 2.24) is 5.32 Å². The number of carboxylic acid groups (broad SMARTS) is 1. The highest BCUT2D eigenvalue weighted by Crippen LogP contribution is 2.17. The van der Waals surface area contributed by atoms with Crippen molar-refractivity contribution in [2.24, 2.45) is 0 Å². The number of hydrogen-bond acceptors (Lipinski definition) is 3. The van der Waals surface area contributed by atoms with E-state index in [1.165, 1.54) is 0 Å². The molecular weight excluding hydrogens is 330 g/mol. The molecule has 0 radical (unpaired) electrons. The third-order valence-electron chi connectivity index (χ3n) is 3.87. The van der Waals surface area contributed by atoms with Crippen LogP contribution in [0.25, 0.3) is 6.08 Å². The molecule has 0 heterocycles. The Morgan fingerprint density at radius 3 is 2.38 bits per heavy atom. The maximum Gasteiger partial charge on any atom is 0.407 e. The van der Waals surface area contributed by atoms with Crippen LogP contribution in [0.15, 0.2) is 48.5 Å². The van der Waals surface area contributed by atoms with Crippen molar-refractivity contribution in [3.63, 3.8) is 0 Å². The lowest BCUT2D eigenvalue weighted by Crippen LogP contribution is -2.24. The number of amides is 1. The largest absolute Gasteiger partial charge is 0.478 e. The summed E-state index contributed by atoms with van der Waals surface area (Å²) in [6.07, 6.45) is 4.06. The molecule has 0 saturated heterocycles. The maximum atomic E-state index is 11.6. The minimum atomic E-state index is -0.909. The number of alkyl carbamates (subject to hydrolysis) is 1. The molecule has 0 unspecified atom stereocenters. The zero-order valence-electron chi connectivity index (χ0n) is 15.0. The molecule has 2 aromatic carbocycles. The fourth-order valence-electron chi connectivity index (χ4n) is 2.68. The SMILES string of the molecule is Cc1cc(C=CCCNC(=O)OCc2ccccc2)cc(C)c1C(=O)O. The van der Waals surface area contributed by atoms with Gasteiger partial charge in [0.15, 0.2) is 0 Å². The van der Waals surface area contributed by atoms with E-state index in [-0.39, 0.29) is 6.61 Å². The summed E-state index contributed by atoms with van der Waals surface area (Å²) < 4.78 is 5.13. The van der Waals surface area contributed by atoms with E-state index >= 15 is 0 Å². The molecule has 26 heavy (non-hydrogen) atoms. The Bertz CT molecular complexity index is 774. The zero-order chi connectivity index (χ0) is 18.9. The molecular formula is C21H23NO4. The fraction of sp³-hybridized carbons (Fsp3) is 0.238. The Morgan fingerprint density at radius 2 is 1.77 bits per heavy atom. The van der Waals surface area contributed by atoms with Gasteiger partial charge in [-0.2, -0.15) is 0 Å². The summed E-state index contributed by atoms with van der Waals surface area (Å²) in [5, 5.41) is 11.9. The Labute approximate surface area is 153 Å². The molecule has 2 N–H and O–H groups in total. The van der Waals surface area contributed by atoms with Gasteiger partial charge in [-0.15, -0.1) is 0 Å². The van der Waals surface area contributed by atoms with Crippen LogP contribution in [0.1, 0.15) is 39.0 Å². The minimum Gasteiger partial charge on any atom is -0.478 e. The first-order valence-electron chi connectivity index (χ1n) is 8.43. The van der Waals surface area contributed by atoms with E-state index in [4.69, 9.17) is 4.74 Å². The molecule has 0 aliphatic carbocycles. The Hall–Kier alpha value is -3.08. The van der Waals surface area contributed by atoms with Gasteiger partial charge in [0.2, 0.25) is 0 Å². The number of ether oxygens (including phenoxy) is 1. The zero-order valence-corrected chi connectivity index (χ0v) is 15.0. The first-order chi connectivity index (χ1) is 12.5. The highest BCUT2D eigenvalue weighted by Gasteiger charge is 2.10. The summed E-state index contributed by atoms with van der Waals surface area (Å²) in [5.74, 6) is -0.909. The van der Waals surface area contributed by atoms with Crippen LogP contribution in [0.4, 0.5) is 4.79 Å². The molecule has 0 aromatic heterocycles. The van der Waals surface area contributed by atoms with E-state index in [9.17, 15) is 14.7 Å². The van der Waals surface area contributed by atoms with Crippen molar-refractivity contribution >= 4 is 18.1 Å². The summed E-state index contributed by atoms with van der Waals surface area (Å²) >= 11 is 0. The number of aromatic carboxylic acids is 1. The van der Waals surface area contributed by atoms with Crippen LogP contribution in [-0.4, -0.2) is 23.7 Å². The Morgan fingerprint density at radius 1 is 1.12 bits per heavy atom. The number of hydrogen-bond donors (Lipinski definition) is 2. The third-order valence-corrected chi connectivity index (χ3v) is 3.87. The second-order valence-corrected chi connectivity index (χ2v) is 6.01. The fourth-order valence-corrected chi connectivity index (χ4v) is 2.68. The van der Waals surface area contributed by atoms with Crippen LogP contribution in [0.2, 0.25) is 0 Å². The van der Waals surface area contributed by atoms with Gasteiger partial charge in [-0.25, -0.2) is 9.59 Å². The topological polar surface area (TPSA) is 75.6 Å². The predicted octanol–water partition coefficient (Wildman–Crippen LogP) is 4.33. The average Bonchev–Trinajstić information content (AvgIpc) is 2.59. The van der Waals surface area contributed by atoms with Crippen LogP contribution in [-0.2, 0) is 11.3 Å². The predicted molar refractivity (Wildman–Crippen MR) is 101 cm³/mol. The first-order valence-corrected chi connectivity index (χ1v) is 8.43. The summed E-state index contributed by atoms with van der Waals surface area (Å²) in [7, 11) is 0. The molecule has 0 aliphatic heterocycles. The summed E-state index contributed by atoms with van der Waals surface area (Å²) in [4.78, 5) is 22.8. The normalized spacial score (nSPS) is 10.7. The lowest BCUT2D eigenvalue weighted by molar-refractivity contribution is 0.0695. The molecule has 0 aliphatic rings. The van der Waals surface area contributed by atoms with Crippen molar-refractivity contribution in [2.75, 3.05) is 6.54 Å². The van der Waals surface area contributed by atoms with Crippen LogP contribution < -0.4 is 5.32 Å². The highest BCUT2D eigenvalue weighted by molar-refractivity contribution is 5.91. The average molecular weight is 353 g/mol. The van der Waals surface area contributed by atoms with Crippen molar-refractivity contribution < 1.29 is 19.4 Å². The Kier molecular flexibility index (Phi) is 6.97. The van der Waals surface area contributed by atoms with Crippen LogP contribution in [0.5, 0.6) is 0 Å². The minimum absolute atomic E-state index is 0.247. The van der Waals surface area contributed by atoms with Gasteiger partial charge in [0, 0.05) is 6.54 Å². The number of carbonyl (C=O) groups is 2. The molecule has 136 valence electrons. The van der Waals surface area contributed by atoms with Crippen LogP contribution in [0.3, 0.4) is 0 Å². The second kappa shape index (κ2) is 9.42. The number of carbonyl (C=O) groups excluding carboxylic acids is 1. The number of carboxylic acids is 1. The van der Waals surface area contributed by atoms with E-state index < -0.39 is 12.1 Å². The van der Waals surface area contributed by atoms with Crippen LogP contribution >= 0.6 is 0 Å². The molecule has 5 nitrogen and oxygen atoms in total. The first kappa shape index (κ1) is 19.2. The van der Waals surface area contributed by atoms with Crippen molar-refractivity contribution in [2.45, 2.75) is 26.9 Å². The van der Waals surface area contributed by atoms with Crippen LogP contribution in [0, 0.1) is 13.8 Å². The van der Waals surface area contributed by atoms with Gasteiger partial charge in [-0.1, -0.05) is 54.6 Å². The lowest BCUT2D eigenvalue weighted by atomic mass is 9.99. The number of rotatable bonds is 7. The van der Waals surface area contributed by atoms with Gasteiger partial charge in [0.1, 0.15) is 6.61 Å². The van der Waals surface area contributed by atoms with E-state index in [1.807, 2.05) is 54.6 Å². The number of aryl methyl sites for hydroxylation is 2. The molecule has 5 heteroatoms. The monoisotopic (exact) mass is 353 g/mol. The quantitative estimate of drug-likeness (QED) is 0.727. The lowest BCUT2D eigenvalue weighted by Gasteiger charge is -2.07. The molecule has 2 aromatic rings. The summed E-state index contributed by atoms with van der Waals surface area (Å²) in [6, 6.07) is 13.2. The molecule has 0 fully saturated rings. The third kappa shape index (κ3) is 5.77. The molecule has 1 amide bonds. The highest BCUT2D eigenvalue weighted by atomic mass is 16.5. The van der Waals surface area contributed by atoms with Crippen molar-refractivity contribution in [1.29, 1.82) is 0 Å². The molecule has 0 spiro atoms. The van der Waals surface area contributed by atoms with Gasteiger partial charge in [0.05, 0.1) is 5.56 Å². The molecule has 0 atom stereocenters. The van der Waals surface area contributed by atoms with Crippen molar-refractivity contribution in [3.8, 4) is 0 Å². The maximum absolute atomic E-state index is 11.6. The molecule has 0 saturated carbocycles. The van der Waals surface area contributed by atoms with E-state index in [2.05, 4.69) is 5.32 Å². The van der Waals surface area contributed by atoms with Gasteiger partial charge < -0.3 is 15.2 Å². The number of nitrogens with one attached hydrogen (secondary N) is 1. The summed E-state index contributed by atoms with van der Waals surface area (Å²) in [5.41, 5.74) is 3.71. The standard InChI is InChI=1S/C21H23NO4/c1-15-12-18(13-16(2)19(15)20(23)24)10-6-7-11-22-21(25)26-14-17-8-4-3-5-9-17/h3-6,8-10,12-13H,7,11,14H2,1-2H3,(H,22,25)(H,23,24). The summed E-state index contributed by atoms with van der Waals surface area (Å²) in [6.45, 7) is 4.29. The van der Waals surface area contributed by atoms with E-state index in [1.54, 1.807) is 13.8 Å². The van der Waals surface area contributed by atoms with E-state index in [0.29, 0.717) is 18.5 Å². The van der Waals surface area contributed by atoms with Gasteiger partial charge in [0.25, 0.3) is 0 Å². The van der Waals surface area contributed by atoms with Crippen molar-refractivity contribution in [3.05, 3.63) is 76.4 Å². The number of benzene rings is 2. The van der Waals surface area contributed by atoms with E-state index in [0.717, 1.165) is 22.3 Å². The smallest absolute Gasteiger partial charge is 0.407 e. The molecule has 2 rings (SSSR count). The van der Waals surface area contributed by atoms with Gasteiger partial charge >= 0.3 is 12.1 Å². The van der Waals surface area contributed by atoms with Gasteiger partial charge in [-0.05, 0) is 42.5 Å². The van der Waals surface area contributed by atoms with Gasteiger partial charge in [-0.3, -0.25) is 0 Å². The second-order valence-electron chi connectivity index (χ2n) is 6.01.